The van der Waals surface area contributed by atoms with E-state index in [2.05, 4.69) is 4.98 Å². The van der Waals surface area contributed by atoms with Crippen molar-refractivity contribution in [1.29, 1.82) is 0 Å². The molecule has 0 aliphatic carbocycles. The highest BCUT2D eigenvalue weighted by Crippen LogP contribution is 2.32. The number of hydrogen-bond donors (Lipinski definition) is 0. The fourth-order valence-corrected chi connectivity index (χ4v) is 1.56. The summed E-state index contributed by atoms with van der Waals surface area (Å²) in [5.74, 6) is -0.249. The molecule has 0 bridgehead atoms. The van der Waals surface area contributed by atoms with Crippen LogP contribution in [0.5, 0.6) is 0 Å². The molecular formula is C11H8ClFN2O3. The second-order valence-corrected chi connectivity index (χ2v) is 4.25. The summed E-state index contributed by atoms with van der Waals surface area (Å²) in [7, 11) is 0. The minimum atomic E-state index is -0.610. The first-order valence-corrected chi connectivity index (χ1v) is 5.47. The van der Waals surface area contributed by atoms with Gasteiger partial charge in [0.05, 0.1) is 16.7 Å². The Morgan fingerprint density at radius 2 is 2.28 bits per heavy atom. The Morgan fingerprint density at radius 1 is 1.56 bits per heavy atom. The summed E-state index contributed by atoms with van der Waals surface area (Å²) in [6, 6.07) is 3.13. The largest absolute Gasteiger partial charge is 0.439 e. The molecule has 2 aromatic rings. The van der Waals surface area contributed by atoms with Gasteiger partial charge in [0.25, 0.3) is 5.69 Å². The van der Waals surface area contributed by atoms with Gasteiger partial charge in [-0.1, -0.05) is 0 Å². The maximum atomic E-state index is 13.2. The molecule has 18 heavy (non-hydrogen) atoms. The van der Waals surface area contributed by atoms with Crippen molar-refractivity contribution in [3.8, 4) is 11.3 Å². The van der Waals surface area contributed by atoms with E-state index in [1.54, 1.807) is 6.92 Å². The molecule has 0 N–H and O–H groups in total. The molecule has 1 aromatic carbocycles. The average Bonchev–Trinajstić information content (AvgIpc) is 2.77. The molecule has 0 amide bonds. The van der Waals surface area contributed by atoms with E-state index in [1.165, 1.54) is 6.20 Å². The van der Waals surface area contributed by atoms with Crippen molar-refractivity contribution in [3.05, 3.63) is 46.2 Å². The Bertz CT molecular complexity index is 598. The van der Waals surface area contributed by atoms with Gasteiger partial charge in [0.2, 0.25) is 5.89 Å². The maximum absolute atomic E-state index is 13.2. The quantitative estimate of drug-likeness (QED) is 0.484. The van der Waals surface area contributed by atoms with Gasteiger partial charge in [0.1, 0.15) is 11.2 Å². The summed E-state index contributed by atoms with van der Waals surface area (Å²) in [5, 5.41) is 10.4. The van der Waals surface area contributed by atoms with E-state index < -0.39 is 16.1 Å². The summed E-state index contributed by atoms with van der Waals surface area (Å²) >= 11 is 5.77. The van der Waals surface area contributed by atoms with Crippen molar-refractivity contribution in [3.63, 3.8) is 0 Å². The van der Waals surface area contributed by atoms with E-state index in [1.807, 2.05) is 0 Å². The van der Waals surface area contributed by atoms with E-state index in [4.69, 9.17) is 16.0 Å². The first-order chi connectivity index (χ1) is 8.49. The fourth-order valence-electron chi connectivity index (χ4n) is 1.46. The second kappa shape index (κ2) is 4.73. The van der Waals surface area contributed by atoms with Crippen LogP contribution in [0.25, 0.3) is 11.3 Å². The molecule has 0 radical (unpaired) electrons. The minimum absolute atomic E-state index is 0.0380. The number of aromatic nitrogens is 1. The Kier molecular flexibility index (Phi) is 3.29. The van der Waals surface area contributed by atoms with Gasteiger partial charge in [-0.3, -0.25) is 10.1 Å². The van der Waals surface area contributed by atoms with Crippen LogP contribution in [0, 0.1) is 15.9 Å². The van der Waals surface area contributed by atoms with Gasteiger partial charge in [-0.05, 0) is 19.1 Å². The van der Waals surface area contributed by atoms with Gasteiger partial charge in [-0.2, -0.15) is 0 Å². The van der Waals surface area contributed by atoms with Crippen LogP contribution in [0.15, 0.2) is 28.8 Å². The van der Waals surface area contributed by atoms with E-state index in [0.29, 0.717) is 0 Å². The van der Waals surface area contributed by atoms with Crippen LogP contribution in [0.2, 0.25) is 0 Å². The number of hydrogen-bond acceptors (Lipinski definition) is 4. The SMILES string of the molecule is CC(Cl)c1ncc(-c2cc(F)ccc2[N+](=O)[O-])o1. The highest BCUT2D eigenvalue weighted by molar-refractivity contribution is 6.20. The molecule has 5 nitrogen and oxygen atoms in total. The predicted octanol–water partition coefficient (Wildman–Crippen LogP) is 3.69. The zero-order chi connectivity index (χ0) is 13.3. The molecule has 1 heterocycles. The van der Waals surface area contributed by atoms with E-state index in [9.17, 15) is 14.5 Å². The molecule has 0 saturated heterocycles. The first kappa shape index (κ1) is 12.5. The lowest BCUT2D eigenvalue weighted by molar-refractivity contribution is -0.384. The lowest BCUT2D eigenvalue weighted by Gasteiger charge is -1.99. The van der Waals surface area contributed by atoms with Crippen molar-refractivity contribution in [1.82, 2.24) is 4.98 Å². The number of nitro benzene ring substituents is 1. The van der Waals surface area contributed by atoms with Crippen LogP contribution >= 0.6 is 11.6 Å². The summed E-state index contributed by atoms with van der Waals surface area (Å²) in [6.07, 6.45) is 1.29. The van der Waals surface area contributed by atoms with Crippen molar-refractivity contribution in [2.75, 3.05) is 0 Å². The van der Waals surface area contributed by atoms with Crippen molar-refractivity contribution < 1.29 is 13.7 Å². The lowest BCUT2D eigenvalue weighted by Crippen LogP contribution is -1.92. The molecule has 1 unspecified atom stereocenters. The third-order valence-corrected chi connectivity index (χ3v) is 2.47. The number of rotatable bonds is 3. The molecule has 1 aromatic heterocycles. The Labute approximate surface area is 106 Å². The molecule has 1 atom stereocenters. The number of oxazole rings is 1. The van der Waals surface area contributed by atoms with E-state index in [-0.39, 0.29) is 22.9 Å². The monoisotopic (exact) mass is 270 g/mol. The van der Waals surface area contributed by atoms with Gasteiger partial charge < -0.3 is 4.42 Å². The normalized spacial score (nSPS) is 12.4. The third-order valence-electron chi connectivity index (χ3n) is 2.28. The summed E-state index contributed by atoms with van der Waals surface area (Å²) < 4.78 is 18.4. The molecule has 0 saturated carbocycles. The molecular weight excluding hydrogens is 263 g/mol. The number of nitrogens with zero attached hydrogens (tertiary/aromatic N) is 2. The molecule has 0 spiro atoms. The fraction of sp³-hybridized carbons (Fsp3) is 0.182. The number of benzene rings is 1. The van der Waals surface area contributed by atoms with Crippen LogP contribution < -0.4 is 0 Å². The van der Waals surface area contributed by atoms with Gasteiger partial charge in [0.15, 0.2) is 5.76 Å². The smallest absolute Gasteiger partial charge is 0.280 e. The molecule has 94 valence electrons. The van der Waals surface area contributed by atoms with E-state index >= 15 is 0 Å². The number of alkyl halides is 1. The van der Waals surface area contributed by atoms with E-state index in [0.717, 1.165) is 18.2 Å². The second-order valence-electron chi connectivity index (χ2n) is 3.60. The molecule has 7 heteroatoms. The summed E-state index contributed by atoms with van der Waals surface area (Å²) in [6.45, 7) is 1.65. The zero-order valence-corrected chi connectivity index (χ0v) is 10.0. The van der Waals surface area contributed by atoms with Crippen molar-refractivity contribution in [2.24, 2.45) is 0 Å². The third kappa shape index (κ3) is 2.33. The van der Waals surface area contributed by atoms with Gasteiger partial charge in [0, 0.05) is 6.07 Å². The first-order valence-electron chi connectivity index (χ1n) is 5.03. The highest BCUT2D eigenvalue weighted by atomic mass is 35.5. The molecule has 0 fully saturated rings. The van der Waals surface area contributed by atoms with Gasteiger partial charge in [-0.15, -0.1) is 11.6 Å². The Balaban J connectivity index is 2.54. The average molecular weight is 271 g/mol. The van der Waals surface area contributed by atoms with Gasteiger partial charge in [-0.25, -0.2) is 9.37 Å². The van der Waals surface area contributed by atoms with Crippen LogP contribution in [-0.2, 0) is 0 Å². The lowest BCUT2D eigenvalue weighted by atomic mass is 10.1. The van der Waals surface area contributed by atoms with Gasteiger partial charge >= 0.3 is 0 Å². The van der Waals surface area contributed by atoms with Crippen LogP contribution in [0.4, 0.5) is 10.1 Å². The van der Waals surface area contributed by atoms with Crippen LogP contribution in [0.3, 0.4) is 0 Å². The summed E-state index contributed by atoms with van der Waals surface area (Å²) in [5.41, 5.74) is -0.211. The Morgan fingerprint density at radius 3 is 2.83 bits per heavy atom. The molecule has 0 aliphatic heterocycles. The topological polar surface area (TPSA) is 69.2 Å². The van der Waals surface area contributed by atoms with Crippen molar-refractivity contribution in [2.45, 2.75) is 12.3 Å². The summed E-state index contributed by atoms with van der Waals surface area (Å²) in [4.78, 5) is 14.1. The standard InChI is InChI=1S/C11H8ClFN2O3/c1-6(12)11-14-5-10(18-11)8-4-7(13)2-3-9(8)15(16)17/h2-6H,1H3. The van der Waals surface area contributed by atoms with Crippen molar-refractivity contribution >= 4 is 17.3 Å². The molecule has 2 rings (SSSR count). The maximum Gasteiger partial charge on any atom is 0.280 e. The predicted molar refractivity (Wildman–Crippen MR) is 62.8 cm³/mol. The van der Waals surface area contributed by atoms with Crippen LogP contribution in [-0.4, -0.2) is 9.91 Å². The minimum Gasteiger partial charge on any atom is -0.439 e. The molecule has 0 aliphatic rings. The number of halogens is 2. The highest BCUT2D eigenvalue weighted by Gasteiger charge is 2.20. The number of nitro groups is 1. The van der Waals surface area contributed by atoms with Crippen LogP contribution in [0.1, 0.15) is 18.2 Å². The Hall–Kier alpha value is -1.95. The zero-order valence-electron chi connectivity index (χ0n) is 9.26.